The molecule has 5 rings (SSSR count). The van der Waals surface area contributed by atoms with E-state index < -0.39 is 37.6 Å². The second-order valence-electron chi connectivity index (χ2n) is 16.4. The van der Waals surface area contributed by atoms with Gasteiger partial charge in [-0.05, 0) is 105 Å². The number of halogens is 1. The standard InChI is InChI=1S/C43H54ClN7O5Si/c1-28-39(29(2)51(49-28)27-55-21-22-57(7,8)9)31-13-16-35(17-14-31)47-40(52)37(48-41(53)38-19-20-46-50(38)6)25-34-24-33(15-18-36(34)44)32-12-10-11-30(23-32)26-45-42(54)56-43(3,4)5/h10-20,23-24,37H,21-22,25-27H2,1-9H3,(H,45,54)(H,47,52)(H,48,53). The number of rotatable bonds is 15. The molecule has 3 N–H and O–H groups in total. The molecule has 57 heavy (non-hydrogen) atoms. The number of ether oxygens (including phenoxy) is 2. The molecule has 1 atom stereocenters. The first-order valence-electron chi connectivity index (χ1n) is 19.0. The molecule has 0 aliphatic rings. The van der Waals surface area contributed by atoms with Crippen LogP contribution in [-0.2, 0) is 41.0 Å². The van der Waals surface area contributed by atoms with Gasteiger partial charge in [-0.15, -0.1) is 0 Å². The zero-order chi connectivity index (χ0) is 41.5. The van der Waals surface area contributed by atoms with Crippen molar-refractivity contribution in [3.63, 3.8) is 0 Å². The van der Waals surface area contributed by atoms with Crippen molar-refractivity contribution in [2.45, 2.75) is 91.6 Å². The predicted octanol–water partition coefficient (Wildman–Crippen LogP) is 8.54. The lowest BCUT2D eigenvalue weighted by Crippen LogP contribution is -2.45. The Hall–Kier alpha value is -5.24. The van der Waals surface area contributed by atoms with Crippen molar-refractivity contribution in [1.29, 1.82) is 0 Å². The Morgan fingerprint density at radius 2 is 1.63 bits per heavy atom. The van der Waals surface area contributed by atoms with Crippen LogP contribution in [-0.4, -0.2) is 63.8 Å². The summed E-state index contributed by atoms with van der Waals surface area (Å²) >= 11 is 6.75. The maximum atomic E-state index is 14.0. The number of hydrogen-bond acceptors (Lipinski definition) is 7. The number of aromatic nitrogens is 4. The third-order valence-corrected chi connectivity index (χ3v) is 11.3. The van der Waals surface area contributed by atoms with E-state index in [-0.39, 0.29) is 13.0 Å². The van der Waals surface area contributed by atoms with Crippen molar-refractivity contribution in [2.75, 3.05) is 11.9 Å². The normalized spacial score (nSPS) is 12.2. The number of carbonyl (C=O) groups is 3. The Morgan fingerprint density at radius 1 is 0.930 bits per heavy atom. The minimum Gasteiger partial charge on any atom is -0.444 e. The quantitative estimate of drug-likeness (QED) is 0.0711. The van der Waals surface area contributed by atoms with Gasteiger partial charge in [-0.2, -0.15) is 10.2 Å². The number of carbonyl (C=O) groups excluding carboxylic acids is 3. The van der Waals surface area contributed by atoms with E-state index in [1.54, 1.807) is 19.2 Å². The summed E-state index contributed by atoms with van der Waals surface area (Å²) in [6.07, 6.45) is 1.14. The van der Waals surface area contributed by atoms with Gasteiger partial charge in [-0.1, -0.05) is 67.6 Å². The molecule has 3 amide bonds. The molecule has 0 spiro atoms. The van der Waals surface area contributed by atoms with Crippen molar-refractivity contribution in [1.82, 2.24) is 30.2 Å². The summed E-state index contributed by atoms with van der Waals surface area (Å²) < 4.78 is 14.7. The molecule has 0 radical (unpaired) electrons. The number of nitrogens with zero attached hydrogens (tertiary/aromatic N) is 4. The number of hydrogen-bond donors (Lipinski definition) is 3. The summed E-state index contributed by atoms with van der Waals surface area (Å²) in [6.45, 7) is 17.8. The van der Waals surface area contributed by atoms with E-state index in [0.717, 1.165) is 45.2 Å². The van der Waals surface area contributed by atoms with Crippen molar-refractivity contribution in [2.24, 2.45) is 7.05 Å². The highest BCUT2D eigenvalue weighted by Gasteiger charge is 2.25. The highest BCUT2D eigenvalue weighted by molar-refractivity contribution is 6.76. The average Bonchev–Trinajstić information content (AvgIpc) is 3.70. The van der Waals surface area contributed by atoms with Gasteiger partial charge in [0.25, 0.3) is 5.91 Å². The largest absolute Gasteiger partial charge is 0.444 e. The van der Waals surface area contributed by atoms with Gasteiger partial charge in [0.05, 0.1) is 5.69 Å². The van der Waals surface area contributed by atoms with Crippen molar-refractivity contribution in [3.05, 3.63) is 112 Å². The van der Waals surface area contributed by atoms with E-state index in [4.69, 9.17) is 26.2 Å². The maximum Gasteiger partial charge on any atom is 0.407 e. The first kappa shape index (κ1) is 42.9. The fraction of sp³-hybridized carbons (Fsp3) is 0.372. The van der Waals surface area contributed by atoms with Crippen LogP contribution in [0.1, 0.15) is 53.8 Å². The summed E-state index contributed by atoms with van der Waals surface area (Å²) in [4.78, 5) is 39.7. The number of amides is 3. The molecule has 0 aliphatic heterocycles. The minimum atomic E-state index is -1.19. The number of nitrogens with one attached hydrogen (secondary N) is 3. The third-order valence-electron chi connectivity index (χ3n) is 9.27. The molecule has 2 aromatic heterocycles. The zero-order valence-electron chi connectivity index (χ0n) is 34.3. The second kappa shape index (κ2) is 18.3. The fourth-order valence-corrected chi connectivity index (χ4v) is 7.19. The SMILES string of the molecule is Cc1nn(COCC[Si](C)(C)C)c(C)c1-c1ccc(NC(=O)C(Cc2cc(-c3cccc(CNC(=O)OC(C)(C)C)c3)ccc2Cl)NC(=O)c2ccnn2C)cc1. The van der Waals surface area contributed by atoms with E-state index in [1.807, 2.05) is 100.0 Å². The van der Waals surface area contributed by atoms with Crippen LogP contribution in [0.3, 0.4) is 0 Å². The van der Waals surface area contributed by atoms with E-state index in [9.17, 15) is 14.4 Å². The predicted molar refractivity (Wildman–Crippen MR) is 228 cm³/mol. The highest BCUT2D eigenvalue weighted by atomic mass is 35.5. The van der Waals surface area contributed by atoms with Crippen molar-refractivity contribution < 1.29 is 23.9 Å². The van der Waals surface area contributed by atoms with E-state index >= 15 is 0 Å². The Labute approximate surface area is 341 Å². The van der Waals surface area contributed by atoms with Gasteiger partial charge in [-0.25, -0.2) is 9.48 Å². The van der Waals surface area contributed by atoms with Crippen LogP contribution in [0.4, 0.5) is 10.5 Å². The number of benzene rings is 3. The van der Waals surface area contributed by atoms with Crippen molar-refractivity contribution in [3.8, 4) is 22.3 Å². The Balaban J connectivity index is 1.33. The molecule has 14 heteroatoms. The summed E-state index contributed by atoms with van der Waals surface area (Å²) in [5.41, 5.74) is 7.43. The lowest BCUT2D eigenvalue weighted by atomic mass is 9.97. The van der Waals surface area contributed by atoms with Gasteiger partial charge in [-0.3, -0.25) is 14.3 Å². The Bertz CT molecular complexity index is 2200. The van der Waals surface area contributed by atoms with E-state index in [0.29, 0.717) is 35.3 Å². The Morgan fingerprint density at radius 3 is 2.30 bits per heavy atom. The Kier molecular flexibility index (Phi) is 13.8. The smallest absolute Gasteiger partial charge is 0.407 e. The van der Waals surface area contributed by atoms with Gasteiger partial charge >= 0.3 is 6.09 Å². The molecule has 0 bridgehead atoms. The molecule has 12 nitrogen and oxygen atoms in total. The monoisotopic (exact) mass is 811 g/mol. The van der Waals surface area contributed by atoms with Gasteiger partial charge in [0.15, 0.2) is 0 Å². The van der Waals surface area contributed by atoms with Crippen LogP contribution in [0.5, 0.6) is 0 Å². The van der Waals surface area contributed by atoms with Crippen LogP contribution in [0.2, 0.25) is 30.7 Å². The van der Waals surface area contributed by atoms with Crippen LogP contribution >= 0.6 is 11.6 Å². The van der Waals surface area contributed by atoms with E-state index in [1.165, 1.54) is 10.9 Å². The maximum absolute atomic E-state index is 14.0. The summed E-state index contributed by atoms with van der Waals surface area (Å²) in [6, 6.07) is 22.6. The lowest BCUT2D eigenvalue weighted by molar-refractivity contribution is -0.118. The first-order chi connectivity index (χ1) is 26.9. The topological polar surface area (TPSA) is 141 Å². The fourth-order valence-electron chi connectivity index (χ4n) is 6.24. The number of aryl methyl sites for hydroxylation is 2. The highest BCUT2D eigenvalue weighted by Crippen LogP contribution is 2.30. The molecule has 2 heterocycles. The molecular formula is C43H54ClN7O5Si. The molecular weight excluding hydrogens is 758 g/mol. The van der Waals surface area contributed by atoms with Crippen LogP contribution in [0.15, 0.2) is 79.0 Å². The van der Waals surface area contributed by atoms with Crippen molar-refractivity contribution >= 4 is 43.3 Å². The number of anilines is 1. The van der Waals surface area contributed by atoms with Crippen LogP contribution < -0.4 is 16.0 Å². The van der Waals surface area contributed by atoms with Gasteiger partial charge < -0.3 is 25.4 Å². The number of alkyl carbamates (subject to hydrolysis) is 1. The molecule has 1 unspecified atom stereocenters. The molecule has 0 aliphatic carbocycles. The van der Waals surface area contributed by atoms with Gasteiger partial charge in [0.1, 0.15) is 24.1 Å². The molecule has 3 aromatic carbocycles. The van der Waals surface area contributed by atoms with Gasteiger partial charge in [0, 0.05) is 62.9 Å². The molecule has 302 valence electrons. The molecule has 0 saturated carbocycles. The van der Waals surface area contributed by atoms with Gasteiger partial charge in [0.2, 0.25) is 5.91 Å². The van der Waals surface area contributed by atoms with Crippen LogP contribution in [0.25, 0.3) is 22.3 Å². The summed E-state index contributed by atoms with van der Waals surface area (Å²) in [7, 11) is 0.472. The zero-order valence-corrected chi connectivity index (χ0v) is 36.1. The van der Waals surface area contributed by atoms with E-state index in [2.05, 4.69) is 40.7 Å². The summed E-state index contributed by atoms with van der Waals surface area (Å²) in [5, 5.41) is 18.0. The summed E-state index contributed by atoms with van der Waals surface area (Å²) in [5.74, 6) is -0.860. The van der Waals surface area contributed by atoms with Crippen LogP contribution in [0, 0.1) is 13.8 Å². The average molecular weight is 812 g/mol. The minimum absolute atomic E-state index is 0.109. The molecule has 0 fully saturated rings. The lowest BCUT2D eigenvalue weighted by Gasteiger charge is -2.20. The first-order valence-corrected chi connectivity index (χ1v) is 23.1. The second-order valence-corrected chi connectivity index (χ2v) is 22.4. The molecule has 0 saturated heterocycles. The molecule has 5 aromatic rings. The third kappa shape index (κ3) is 12.1.